The van der Waals surface area contributed by atoms with Gasteiger partial charge in [-0.2, -0.15) is 0 Å². The quantitative estimate of drug-likeness (QED) is 0.537. The van der Waals surface area contributed by atoms with E-state index in [9.17, 15) is 4.79 Å². The van der Waals surface area contributed by atoms with Gasteiger partial charge >= 0.3 is 0 Å². The number of nitrogens with zero attached hydrogens (tertiary/aromatic N) is 2. The van der Waals surface area contributed by atoms with Gasteiger partial charge in [-0.05, 0) is 11.5 Å². The van der Waals surface area contributed by atoms with Crippen LogP contribution in [-0.4, -0.2) is 15.9 Å². The summed E-state index contributed by atoms with van der Waals surface area (Å²) in [4.78, 5) is 10.7. The van der Waals surface area contributed by atoms with Crippen molar-refractivity contribution in [2.45, 2.75) is 6.42 Å². The predicted molar refractivity (Wildman–Crippen MR) is 29.7 cm³/mol. The Balaban J connectivity index is 2.62. The Morgan fingerprint density at radius 2 is 2.75 bits per heavy atom. The molecule has 0 aliphatic carbocycles. The molecule has 0 amide bonds. The van der Waals surface area contributed by atoms with E-state index in [1.54, 1.807) is 6.20 Å². The minimum Gasteiger partial charge on any atom is -0.303 e. The SMILES string of the molecule is O=CCc1cnns1. The fourth-order valence-corrected chi connectivity index (χ4v) is 0.796. The van der Waals surface area contributed by atoms with Gasteiger partial charge in [0, 0.05) is 6.42 Å². The second kappa shape index (κ2) is 2.52. The Kier molecular flexibility index (Phi) is 1.69. The van der Waals surface area contributed by atoms with Gasteiger partial charge in [0.1, 0.15) is 6.29 Å². The highest BCUT2D eigenvalue weighted by atomic mass is 32.1. The molecule has 1 aromatic rings. The van der Waals surface area contributed by atoms with Gasteiger partial charge in [0.2, 0.25) is 0 Å². The zero-order valence-corrected chi connectivity index (χ0v) is 4.89. The molecule has 0 spiro atoms. The van der Waals surface area contributed by atoms with Crippen molar-refractivity contribution in [1.82, 2.24) is 9.59 Å². The molecule has 42 valence electrons. The summed E-state index contributed by atoms with van der Waals surface area (Å²) in [5.74, 6) is 0. The molecule has 0 saturated carbocycles. The third-order valence-electron chi connectivity index (χ3n) is 0.691. The Morgan fingerprint density at radius 1 is 1.88 bits per heavy atom. The van der Waals surface area contributed by atoms with Crippen molar-refractivity contribution in [2.24, 2.45) is 0 Å². The minimum absolute atomic E-state index is 0.442. The van der Waals surface area contributed by atoms with Crippen molar-refractivity contribution >= 4 is 17.8 Å². The van der Waals surface area contributed by atoms with Crippen molar-refractivity contribution in [3.8, 4) is 0 Å². The standard InChI is InChI=1S/C4H4N2OS/c7-2-1-4-3-5-6-8-4/h2-3H,1H2. The van der Waals surface area contributed by atoms with E-state index in [2.05, 4.69) is 9.59 Å². The van der Waals surface area contributed by atoms with Gasteiger partial charge in [0.05, 0.1) is 11.1 Å². The summed E-state index contributed by atoms with van der Waals surface area (Å²) in [7, 11) is 0. The third-order valence-corrected chi connectivity index (χ3v) is 1.37. The van der Waals surface area contributed by atoms with Crippen LogP contribution in [0.2, 0.25) is 0 Å². The van der Waals surface area contributed by atoms with Gasteiger partial charge in [-0.1, -0.05) is 4.49 Å². The maximum absolute atomic E-state index is 9.82. The molecule has 4 heteroatoms. The topological polar surface area (TPSA) is 42.9 Å². The first-order valence-electron chi connectivity index (χ1n) is 2.13. The molecule has 0 fully saturated rings. The molecule has 8 heavy (non-hydrogen) atoms. The molecule has 0 atom stereocenters. The molecule has 0 bridgehead atoms. The lowest BCUT2D eigenvalue weighted by Crippen LogP contribution is -1.76. The smallest absolute Gasteiger partial charge is 0.125 e. The molecular formula is C4H4N2OS. The summed E-state index contributed by atoms with van der Waals surface area (Å²) < 4.78 is 3.57. The van der Waals surface area contributed by atoms with Crippen molar-refractivity contribution in [2.75, 3.05) is 0 Å². The van der Waals surface area contributed by atoms with Crippen molar-refractivity contribution in [3.05, 3.63) is 11.1 Å². The first-order chi connectivity index (χ1) is 3.93. The number of hydrogen-bond donors (Lipinski definition) is 0. The first kappa shape index (κ1) is 5.37. The molecule has 0 aliphatic rings. The van der Waals surface area contributed by atoms with Crippen LogP contribution in [0, 0.1) is 0 Å². The zero-order valence-electron chi connectivity index (χ0n) is 4.07. The number of aldehydes is 1. The van der Waals surface area contributed by atoms with Gasteiger partial charge < -0.3 is 4.79 Å². The first-order valence-corrected chi connectivity index (χ1v) is 2.90. The van der Waals surface area contributed by atoms with E-state index in [-0.39, 0.29) is 0 Å². The van der Waals surface area contributed by atoms with E-state index in [1.807, 2.05) is 0 Å². The van der Waals surface area contributed by atoms with Gasteiger partial charge in [-0.15, -0.1) is 5.10 Å². The van der Waals surface area contributed by atoms with E-state index >= 15 is 0 Å². The van der Waals surface area contributed by atoms with E-state index in [0.717, 1.165) is 11.2 Å². The van der Waals surface area contributed by atoms with Crippen LogP contribution >= 0.6 is 11.5 Å². The second-order valence-electron chi connectivity index (χ2n) is 1.25. The number of hydrogen-bond acceptors (Lipinski definition) is 4. The number of aromatic nitrogens is 2. The highest BCUT2D eigenvalue weighted by Gasteiger charge is 1.90. The van der Waals surface area contributed by atoms with Crippen LogP contribution in [0.4, 0.5) is 0 Å². The summed E-state index contributed by atoms with van der Waals surface area (Å²) >= 11 is 1.26. The molecule has 0 N–H and O–H groups in total. The Hall–Kier alpha value is -0.770. The van der Waals surface area contributed by atoms with Crippen LogP contribution in [0.5, 0.6) is 0 Å². The van der Waals surface area contributed by atoms with Gasteiger partial charge in [0.25, 0.3) is 0 Å². The van der Waals surface area contributed by atoms with Crippen molar-refractivity contribution in [3.63, 3.8) is 0 Å². The summed E-state index contributed by atoms with van der Waals surface area (Å²) in [6.45, 7) is 0. The molecule has 1 rings (SSSR count). The lowest BCUT2D eigenvalue weighted by molar-refractivity contribution is -0.107. The maximum atomic E-state index is 9.82. The fraction of sp³-hybridized carbons (Fsp3) is 0.250. The van der Waals surface area contributed by atoms with Gasteiger partial charge in [0.15, 0.2) is 0 Å². The summed E-state index contributed by atoms with van der Waals surface area (Å²) in [5, 5.41) is 3.55. The molecule has 3 nitrogen and oxygen atoms in total. The highest BCUT2D eigenvalue weighted by molar-refractivity contribution is 7.05. The van der Waals surface area contributed by atoms with Crippen LogP contribution in [0.15, 0.2) is 6.20 Å². The molecule has 0 radical (unpaired) electrons. The zero-order chi connectivity index (χ0) is 5.82. The van der Waals surface area contributed by atoms with Crippen LogP contribution in [0.25, 0.3) is 0 Å². The van der Waals surface area contributed by atoms with Crippen LogP contribution in [-0.2, 0) is 11.2 Å². The summed E-state index contributed by atoms with van der Waals surface area (Å²) in [6, 6.07) is 0. The van der Waals surface area contributed by atoms with E-state index in [0.29, 0.717) is 6.42 Å². The van der Waals surface area contributed by atoms with Gasteiger partial charge in [-0.25, -0.2) is 0 Å². The van der Waals surface area contributed by atoms with Gasteiger partial charge in [-0.3, -0.25) is 0 Å². The molecule has 1 aromatic heterocycles. The summed E-state index contributed by atoms with van der Waals surface area (Å²) in [5.41, 5.74) is 0. The fourth-order valence-electron chi connectivity index (χ4n) is 0.360. The monoisotopic (exact) mass is 128 g/mol. The molecule has 0 saturated heterocycles. The van der Waals surface area contributed by atoms with Crippen LogP contribution < -0.4 is 0 Å². The molecular weight excluding hydrogens is 124 g/mol. The molecule has 0 unspecified atom stereocenters. The van der Waals surface area contributed by atoms with E-state index < -0.39 is 0 Å². The molecule has 1 heterocycles. The number of carbonyl (C=O) groups excluding carboxylic acids is 1. The predicted octanol–water partition coefficient (Wildman–Crippen LogP) is 0.279. The average molecular weight is 128 g/mol. The van der Waals surface area contributed by atoms with Crippen LogP contribution in [0.1, 0.15) is 4.88 Å². The lowest BCUT2D eigenvalue weighted by Gasteiger charge is -1.74. The Morgan fingerprint density at radius 3 is 3.25 bits per heavy atom. The largest absolute Gasteiger partial charge is 0.303 e. The third kappa shape index (κ3) is 1.10. The number of rotatable bonds is 2. The number of carbonyl (C=O) groups is 1. The Labute approximate surface area is 50.5 Å². The Bertz CT molecular complexity index is 161. The second-order valence-corrected chi connectivity index (χ2v) is 2.12. The molecule has 0 aromatic carbocycles. The van der Waals surface area contributed by atoms with Crippen LogP contribution in [0.3, 0.4) is 0 Å². The minimum atomic E-state index is 0.442. The summed E-state index contributed by atoms with van der Waals surface area (Å²) in [6.07, 6.45) is 2.88. The maximum Gasteiger partial charge on any atom is 0.125 e. The normalized spacial score (nSPS) is 9.00. The van der Waals surface area contributed by atoms with Crippen molar-refractivity contribution in [1.29, 1.82) is 0 Å². The average Bonchev–Trinajstić information content (AvgIpc) is 2.19. The molecule has 0 aliphatic heterocycles. The lowest BCUT2D eigenvalue weighted by atomic mass is 10.4. The van der Waals surface area contributed by atoms with E-state index in [1.165, 1.54) is 11.5 Å². The highest BCUT2D eigenvalue weighted by Crippen LogP contribution is 1.99. The van der Waals surface area contributed by atoms with E-state index in [4.69, 9.17) is 0 Å². The van der Waals surface area contributed by atoms with Crippen molar-refractivity contribution < 1.29 is 4.79 Å².